The number of anilines is 2. The number of nitrogens with one attached hydrogen (secondary N) is 2. The zero-order valence-electron chi connectivity index (χ0n) is 20.3. The number of carbonyl (C=O) groups excluding carboxylic acids is 2. The standard InChI is InChI=1S/C26H23ClN6O4S/c1-15-22-18(14-21(34)33(15)31-10-12-37-13-11-31)23(24(35)28-17-8-6-16(27)7-9-17)30-32(25(22)36)26-29-19-4-2-3-5-20(19)38-26/h2-9,14,23,30H,10-13H2,1H3,(H,28,35)/t23-/m1/s1. The highest BCUT2D eigenvalue weighted by Crippen LogP contribution is 2.34. The quantitative estimate of drug-likeness (QED) is 0.401. The van der Waals surface area contributed by atoms with Gasteiger partial charge < -0.3 is 15.1 Å². The van der Waals surface area contributed by atoms with Crippen molar-refractivity contribution in [2.75, 3.05) is 41.6 Å². The van der Waals surface area contributed by atoms with Gasteiger partial charge in [0, 0.05) is 22.3 Å². The summed E-state index contributed by atoms with van der Waals surface area (Å²) in [6.45, 7) is 3.69. The molecule has 194 valence electrons. The van der Waals surface area contributed by atoms with Crippen LogP contribution in [0.4, 0.5) is 10.8 Å². The van der Waals surface area contributed by atoms with Crippen molar-refractivity contribution in [3.8, 4) is 0 Å². The molecule has 1 atom stereocenters. The molecule has 2 amide bonds. The maximum Gasteiger partial charge on any atom is 0.276 e. The zero-order chi connectivity index (χ0) is 26.4. The third-order valence-corrected chi connectivity index (χ3v) is 7.83. The molecule has 38 heavy (non-hydrogen) atoms. The number of hydrogen-bond acceptors (Lipinski definition) is 8. The summed E-state index contributed by atoms with van der Waals surface area (Å²) in [6.07, 6.45) is 0. The number of carbonyl (C=O) groups is 2. The average Bonchev–Trinajstić information content (AvgIpc) is 3.34. The Morgan fingerprint density at radius 1 is 1.13 bits per heavy atom. The number of nitrogens with zero attached hydrogens (tertiary/aromatic N) is 4. The molecule has 1 fully saturated rings. The number of ether oxygens (including phenoxy) is 1. The van der Waals surface area contributed by atoms with E-state index in [2.05, 4.69) is 15.7 Å². The Hall–Kier alpha value is -3.77. The van der Waals surface area contributed by atoms with Crippen LogP contribution in [0.15, 0.2) is 59.4 Å². The monoisotopic (exact) mass is 550 g/mol. The maximum absolute atomic E-state index is 14.0. The fourth-order valence-electron chi connectivity index (χ4n) is 4.77. The average molecular weight is 551 g/mol. The molecular formula is C26H23ClN6O4S. The molecule has 2 aromatic carbocycles. The SMILES string of the molecule is Cc1c2c(cc(=O)n1N1CCOCC1)[C@H](C(=O)Nc1ccc(Cl)cc1)NN(c1nc3ccccc3s1)C2=O. The molecule has 2 aromatic heterocycles. The van der Waals surface area contributed by atoms with E-state index >= 15 is 0 Å². The highest BCUT2D eigenvalue weighted by Gasteiger charge is 2.40. The number of hydrazine groups is 1. The first-order valence-corrected chi connectivity index (χ1v) is 13.2. The molecule has 4 heterocycles. The van der Waals surface area contributed by atoms with Crippen LogP contribution in [0.5, 0.6) is 0 Å². The molecule has 0 radical (unpaired) electrons. The Kier molecular flexibility index (Phi) is 6.36. The van der Waals surface area contributed by atoms with E-state index in [0.29, 0.717) is 53.4 Å². The summed E-state index contributed by atoms with van der Waals surface area (Å²) in [5.74, 6) is -0.829. The van der Waals surface area contributed by atoms with Crippen molar-refractivity contribution >= 4 is 55.8 Å². The van der Waals surface area contributed by atoms with Crippen LogP contribution in [0.3, 0.4) is 0 Å². The number of hydrogen-bond donors (Lipinski definition) is 2. The van der Waals surface area contributed by atoms with Crippen LogP contribution in [0.1, 0.15) is 27.7 Å². The molecule has 0 bridgehead atoms. The van der Waals surface area contributed by atoms with Gasteiger partial charge in [0.2, 0.25) is 11.0 Å². The lowest BCUT2D eigenvalue weighted by molar-refractivity contribution is -0.118. The largest absolute Gasteiger partial charge is 0.378 e. The van der Waals surface area contributed by atoms with Gasteiger partial charge in [0.1, 0.15) is 6.04 Å². The molecule has 2 aliphatic heterocycles. The summed E-state index contributed by atoms with van der Waals surface area (Å²) in [6, 6.07) is 14.6. The van der Waals surface area contributed by atoms with E-state index in [1.165, 1.54) is 27.1 Å². The summed E-state index contributed by atoms with van der Waals surface area (Å²) in [5, 5.41) is 6.96. The number of aromatic nitrogens is 2. The topological polar surface area (TPSA) is 109 Å². The van der Waals surface area contributed by atoms with Gasteiger partial charge in [-0.15, -0.1) is 0 Å². The fraction of sp³-hybridized carbons (Fsp3) is 0.231. The van der Waals surface area contributed by atoms with Gasteiger partial charge in [-0.25, -0.2) is 20.1 Å². The second kappa shape index (κ2) is 9.84. The summed E-state index contributed by atoms with van der Waals surface area (Å²) in [5.41, 5.74) is 5.03. The van der Waals surface area contributed by atoms with E-state index in [1.54, 1.807) is 31.2 Å². The van der Waals surface area contributed by atoms with Gasteiger partial charge in [0.25, 0.3) is 11.5 Å². The Morgan fingerprint density at radius 2 is 1.87 bits per heavy atom. The van der Waals surface area contributed by atoms with Gasteiger partial charge in [-0.1, -0.05) is 35.1 Å². The van der Waals surface area contributed by atoms with Crippen molar-refractivity contribution in [3.05, 3.63) is 86.8 Å². The molecule has 0 unspecified atom stereocenters. The lowest BCUT2D eigenvalue weighted by atomic mass is 9.96. The highest BCUT2D eigenvalue weighted by atomic mass is 35.5. The molecule has 6 rings (SSSR count). The van der Waals surface area contributed by atoms with Crippen LogP contribution in [-0.2, 0) is 9.53 Å². The molecule has 0 aliphatic carbocycles. The number of para-hydroxylation sites is 1. The van der Waals surface area contributed by atoms with E-state index in [-0.39, 0.29) is 11.1 Å². The minimum absolute atomic E-state index is 0.283. The van der Waals surface area contributed by atoms with Crippen molar-refractivity contribution in [2.45, 2.75) is 13.0 Å². The lowest BCUT2D eigenvalue weighted by Crippen LogP contribution is -2.56. The van der Waals surface area contributed by atoms with Gasteiger partial charge in [0.15, 0.2) is 0 Å². The summed E-state index contributed by atoms with van der Waals surface area (Å²) < 4.78 is 7.85. The molecule has 2 aliphatic rings. The molecule has 4 aromatic rings. The maximum atomic E-state index is 14.0. The molecule has 0 saturated carbocycles. The number of amides is 2. The fourth-order valence-corrected chi connectivity index (χ4v) is 5.83. The Bertz CT molecular complexity index is 1580. The number of pyridine rings is 1. The molecule has 2 N–H and O–H groups in total. The third-order valence-electron chi connectivity index (χ3n) is 6.56. The number of halogens is 1. The van der Waals surface area contributed by atoms with Crippen molar-refractivity contribution in [3.63, 3.8) is 0 Å². The highest BCUT2D eigenvalue weighted by molar-refractivity contribution is 7.22. The summed E-state index contributed by atoms with van der Waals surface area (Å²) in [7, 11) is 0. The van der Waals surface area contributed by atoms with Crippen LogP contribution >= 0.6 is 22.9 Å². The minimum Gasteiger partial charge on any atom is -0.378 e. The van der Waals surface area contributed by atoms with Crippen molar-refractivity contribution in [1.29, 1.82) is 0 Å². The van der Waals surface area contributed by atoms with Gasteiger partial charge in [-0.2, -0.15) is 0 Å². The second-order valence-electron chi connectivity index (χ2n) is 8.94. The van der Waals surface area contributed by atoms with Crippen molar-refractivity contribution in [1.82, 2.24) is 15.1 Å². The van der Waals surface area contributed by atoms with Gasteiger partial charge in [-0.3, -0.25) is 14.4 Å². The zero-order valence-corrected chi connectivity index (χ0v) is 21.9. The van der Waals surface area contributed by atoms with Crippen molar-refractivity contribution in [2.24, 2.45) is 0 Å². The first kappa shape index (κ1) is 24.6. The van der Waals surface area contributed by atoms with Crippen LogP contribution < -0.4 is 26.3 Å². The Labute approximate surface area is 226 Å². The van der Waals surface area contributed by atoms with Gasteiger partial charge in [0.05, 0.1) is 47.8 Å². The summed E-state index contributed by atoms with van der Waals surface area (Å²) in [4.78, 5) is 45.5. The van der Waals surface area contributed by atoms with E-state index < -0.39 is 17.9 Å². The number of benzene rings is 2. The van der Waals surface area contributed by atoms with Gasteiger partial charge in [-0.05, 0) is 43.3 Å². The predicted octanol–water partition coefficient (Wildman–Crippen LogP) is 3.23. The number of fused-ring (bicyclic) bond motifs is 2. The van der Waals surface area contributed by atoms with E-state index in [4.69, 9.17) is 16.3 Å². The van der Waals surface area contributed by atoms with Crippen molar-refractivity contribution < 1.29 is 14.3 Å². The number of rotatable bonds is 4. The van der Waals surface area contributed by atoms with Crippen LogP contribution in [0, 0.1) is 6.92 Å². The molecule has 1 saturated heterocycles. The molecule has 10 nitrogen and oxygen atoms in total. The lowest BCUT2D eigenvalue weighted by Gasteiger charge is -2.37. The first-order chi connectivity index (χ1) is 18.4. The van der Waals surface area contributed by atoms with Crippen LogP contribution in [0.25, 0.3) is 10.2 Å². The predicted molar refractivity (Wildman–Crippen MR) is 147 cm³/mol. The second-order valence-corrected chi connectivity index (χ2v) is 10.4. The van der Waals surface area contributed by atoms with E-state index in [9.17, 15) is 14.4 Å². The molecular weight excluding hydrogens is 528 g/mol. The first-order valence-electron chi connectivity index (χ1n) is 12.0. The van der Waals surface area contributed by atoms with Crippen LogP contribution in [-0.4, -0.2) is 47.8 Å². The van der Waals surface area contributed by atoms with E-state index in [0.717, 1.165) is 10.2 Å². The number of thiazole rings is 1. The van der Waals surface area contributed by atoms with E-state index in [1.807, 2.05) is 29.3 Å². The summed E-state index contributed by atoms with van der Waals surface area (Å²) >= 11 is 7.32. The molecule has 12 heteroatoms. The smallest absolute Gasteiger partial charge is 0.276 e. The Balaban J connectivity index is 1.46. The number of morpholine rings is 1. The third kappa shape index (κ3) is 4.33. The Morgan fingerprint density at radius 3 is 2.61 bits per heavy atom. The normalized spacial score (nSPS) is 17.5. The van der Waals surface area contributed by atoms with Gasteiger partial charge >= 0.3 is 0 Å². The van der Waals surface area contributed by atoms with Crippen LogP contribution in [0.2, 0.25) is 5.02 Å². The molecule has 0 spiro atoms. The minimum atomic E-state index is -1.03.